The Morgan fingerprint density at radius 2 is 1.67 bits per heavy atom. The van der Waals surface area contributed by atoms with E-state index in [0.717, 1.165) is 30.4 Å². The first-order valence-corrected chi connectivity index (χ1v) is 8.69. The lowest BCUT2D eigenvalue weighted by Crippen LogP contribution is -2.41. The number of nitrogens with zero attached hydrogens (tertiary/aromatic N) is 1. The molecule has 0 rings (SSSR count). The third kappa shape index (κ3) is 12.5. The highest BCUT2D eigenvalue weighted by molar-refractivity contribution is 7.85. The number of esters is 1. The molecule has 0 unspecified atom stereocenters. The van der Waals surface area contributed by atoms with Gasteiger partial charge in [-0.1, -0.05) is 6.58 Å². The molecule has 0 radical (unpaired) electrons. The van der Waals surface area contributed by atoms with E-state index in [4.69, 9.17) is 4.74 Å². The van der Waals surface area contributed by atoms with Crippen LogP contribution in [0.5, 0.6) is 0 Å². The van der Waals surface area contributed by atoms with E-state index in [1.165, 1.54) is 0 Å². The minimum Gasteiger partial charge on any atom is -0.748 e. The zero-order valence-corrected chi connectivity index (χ0v) is 14.1. The van der Waals surface area contributed by atoms with E-state index >= 15 is 0 Å². The molecule has 0 aliphatic heterocycles. The second-order valence-corrected chi connectivity index (χ2v) is 7.50. The molecule has 6 nitrogen and oxygen atoms in total. The van der Waals surface area contributed by atoms with Crippen molar-refractivity contribution in [2.45, 2.75) is 32.6 Å². The van der Waals surface area contributed by atoms with E-state index in [2.05, 4.69) is 20.7 Å². The van der Waals surface area contributed by atoms with E-state index in [1.807, 2.05) is 0 Å². The van der Waals surface area contributed by atoms with E-state index in [0.29, 0.717) is 25.0 Å². The molecule has 0 N–H and O–H groups in total. The van der Waals surface area contributed by atoms with Crippen molar-refractivity contribution in [3.8, 4) is 0 Å². The third-order valence-electron chi connectivity index (χ3n) is 3.15. The fourth-order valence-corrected chi connectivity index (χ4v) is 2.42. The summed E-state index contributed by atoms with van der Waals surface area (Å²) in [6, 6.07) is 0. The number of carbonyl (C=O) groups excluding carboxylic acids is 1. The molecule has 0 atom stereocenters. The van der Waals surface area contributed by atoms with E-state index in [1.54, 1.807) is 6.92 Å². The van der Waals surface area contributed by atoms with Crippen molar-refractivity contribution in [1.29, 1.82) is 0 Å². The van der Waals surface area contributed by atoms with Crippen molar-refractivity contribution < 1.29 is 27.0 Å². The van der Waals surface area contributed by atoms with Crippen LogP contribution in [0, 0.1) is 0 Å². The van der Waals surface area contributed by atoms with E-state index in [-0.39, 0.29) is 11.7 Å². The third-order valence-corrected chi connectivity index (χ3v) is 3.94. The molecule has 124 valence electrons. The molecule has 0 heterocycles. The lowest BCUT2D eigenvalue weighted by atomic mass is 10.2. The number of quaternary nitrogens is 1. The van der Waals surface area contributed by atoms with Crippen molar-refractivity contribution in [1.82, 2.24) is 0 Å². The summed E-state index contributed by atoms with van der Waals surface area (Å²) in [4.78, 5) is 11.2. The molecular weight excluding hydrogens is 294 g/mol. The Bertz CT molecular complexity index is 442. The second-order valence-electron chi connectivity index (χ2n) is 5.98. The molecule has 0 bridgehead atoms. The first-order chi connectivity index (χ1) is 9.53. The van der Waals surface area contributed by atoms with Crippen LogP contribution in [0.3, 0.4) is 0 Å². The van der Waals surface area contributed by atoms with Gasteiger partial charge in [0.25, 0.3) is 0 Å². The van der Waals surface area contributed by atoms with Crippen LogP contribution in [0.25, 0.3) is 0 Å². The Balaban J connectivity index is 3.73. The van der Waals surface area contributed by atoms with Gasteiger partial charge in [-0.15, -0.1) is 0 Å². The topological polar surface area (TPSA) is 83.5 Å². The number of hydrogen-bond acceptors (Lipinski definition) is 5. The average Bonchev–Trinajstić information content (AvgIpc) is 2.32. The lowest BCUT2D eigenvalue weighted by molar-refractivity contribution is -0.890. The maximum atomic E-state index is 11.2. The Morgan fingerprint density at radius 1 is 1.14 bits per heavy atom. The van der Waals surface area contributed by atoms with Crippen LogP contribution in [0.2, 0.25) is 0 Å². The highest BCUT2D eigenvalue weighted by Gasteiger charge is 2.14. The molecule has 0 amide bonds. The van der Waals surface area contributed by atoms with Crippen LogP contribution in [0.15, 0.2) is 12.2 Å². The minimum atomic E-state index is -4.09. The van der Waals surface area contributed by atoms with Gasteiger partial charge >= 0.3 is 5.97 Å². The standard InChI is InChI=1S/C14H27NO5S/c1-13(2)14(16)20-11-7-5-9-15(3,4)10-6-8-12-21(17,18)19/h1,5-12H2,2-4H3. The molecule has 0 aliphatic carbocycles. The van der Waals surface area contributed by atoms with Gasteiger partial charge in [0.15, 0.2) is 0 Å². The monoisotopic (exact) mass is 321 g/mol. The largest absolute Gasteiger partial charge is 0.748 e. The first-order valence-electron chi connectivity index (χ1n) is 7.12. The highest BCUT2D eigenvalue weighted by atomic mass is 32.2. The lowest BCUT2D eigenvalue weighted by Gasteiger charge is -2.30. The second kappa shape index (κ2) is 9.17. The highest BCUT2D eigenvalue weighted by Crippen LogP contribution is 2.06. The van der Waals surface area contributed by atoms with Crippen LogP contribution < -0.4 is 0 Å². The minimum absolute atomic E-state index is 0.288. The van der Waals surface area contributed by atoms with Crippen molar-refractivity contribution in [2.75, 3.05) is 39.5 Å². The smallest absolute Gasteiger partial charge is 0.333 e. The Kier molecular flexibility index (Phi) is 8.77. The quantitative estimate of drug-likeness (QED) is 0.188. The molecule has 0 aromatic rings. The summed E-state index contributed by atoms with van der Waals surface area (Å²) in [5, 5.41) is 0. The number of ether oxygens (including phenoxy) is 1. The first kappa shape index (κ1) is 20.1. The average molecular weight is 321 g/mol. The summed E-state index contributed by atoms with van der Waals surface area (Å²) in [7, 11) is 0.0283. The van der Waals surface area contributed by atoms with Gasteiger partial charge in [0, 0.05) is 11.3 Å². The molecule has 21 heavy (non-hydrogen) atoms. The zero-order valence-electron chi connectivity index (χ0n) is 13.3. The maximum Gasteiger partial charge on any atom is 0.333 e. The summed E-state index contributed by atoms with van der Waals surface area (Å²) in [6.07, 6.45) is 2.81. The van der Waals surface area contributed by atoms with Crippen LogP contribution in [-0.2, 0) is 19.6 Å². The van der Waals surface area contributed by atoms with Crippen molar-refractivity contribution in [2.24, 2.45) is 0 Å². The summed E-state index contributed by atoms with van der Waals surface area (Å²) in [5.74, 6) is -0.647. The molecule has 0 aromatic heterocycles. The zero-order chi connectivity index (χ0) is 16.5. The van der Waals surface area contributed by atoms with Crippen molar-refractivity contribution in [3.63, 3.8) is 0 Å². The number of unbranched alkanes of at least 4 members (excludes halogenated alkanes) is 2. The summed E-state index contributed by atoms with van der Waals surface area (Å²) < 4.78 is 37.2. The molecule has 0 spiro atoms. The van der Waals surface area contributed by atoms with Gasteiger partial charge in [-0.25, -0.2) is 13.2 Å². The maximum absolute atomic E-state index is 11.2. The normalized spacial score (nSPS) is 12.2. The molecule has 0 saturated heterocycles. The van der Waals surface area contributed by atoms with Crippen LogP contribution in [0.4, 0.5) is 0 Å². The number of rotatable bonds is 11. The van der Waals surface area contributed by atoms with Crippen LogP contribution >= 0.6 is 0 Å². The molecule has 0 aromatic carbocycles. The Hall–Kier alpha value is -0.920. The summed E-state index contributed by atoms with van der Waals surface area (Å²) >= 11 is 0. The van der Waals surface area contributed by atoms with Crippen molar-refractivity contribution in [3.05, 3.63) is 12.2 Å². The van der Waals surface area contributed by atoms with Gasteiger partial charge in [-0.2, -0.15) is 0 Å². The van der Waals surface area contributed by atoms with Gasteiger partial charge in [-0.3, -0.25) is 0 Å². The summed E-state index contributed by atoms with van der Waals surface area (Å²) in [6.45, 7) is 7.25. The van der Waals surface area contributed by atoms with Gasteiger partial charge in [-0.05, 0) is 32.6 Å². The summed E-state index contributed by atoms with van der Waals surface area (Å²) in [5.41, 5.74) is 0.402. The van der Waals surface area contributed by atoms with Crippen molar-refractivity contribution >= 4 is 16.1 Å². The fourth-order valence-electron chi connectivity index (χ4n) is 1.86. The molecular formula is C14H27NO5S. The van der Waals surface area contributed by atoms with E-state index < -0.39 is 10.1 Å². The van der Waals surface area contributed by atoms with Gasteiger partial charge in [0.1, 0.15) is 0 Å². The van der Waals surface area contributed by atoms with Gasteiger partial charge in [0.05, 0.1) is 43.9 Å². The van der Waals surface area contributed by atoms with E-state index in [9.17, 15) is 17.8 Å². The molecule has 0 fully saturated rings. The van der Waals surface area contributed by atoms with Gasteiger partial charge in [0.2, 0.25) is 0 Å². The van der Waals surface area contributed by atoms with Crippen LogP contribution in [0.1, 0.15) is 32.6 Å². The Morgan fingerprint density at radius 3 is 2.14 bits per heavy atom. The number of carbonyl (C=O) groups is 1. The predicted molar refractivity (Wildman–Crippen MR) is 80.6 cm³/mol. The Labute approximate surface area is 128 Å². The molecule has 7 heteroatoms. The fraction of sp³-hybridized carbons (Fsp3) is 0.786. The molecule has 0 saturated carbocycles. The van der Waals surface area contributed by atoms with Crippen LogP contribution in [-0.4, -0.2) is 63.0 Å². The van der Waals surface area contributed by atoms with Gasteiger partial charge < -0.3 is 13.8 Å². The SMILES string of the molecule is C=C(C)C(=O)OCCCC[N+](C)(C)CCCCS(=O)(=O)[O-]. The number of hydrogen-bond donors (Lipinski definition) is 0. The predicted octanol–water partition coefficient (Wildman–Crippen LogP) is 1.29. The molecule has 0 aliphatic rings.